The number of hydrogen-bond donors (Lipinski definition) is 2. The number of fused-ring (bicyclic) bond motifs is 1. The van der Waals surface area contributed by atoms with E-state index in [9.17, 15) is 4.79 Å². The Morgan fingerprint density at radius 1 is 0.944 bits per heavy atom. The van der Waals surface area contributed by atoms with Crippen LogP contribution in [0.25, 0.3) is 33.9 Å². The number of furan rings is 1. The summed E-state index contributed by atoms with van der Waals surface area (Å²) in [6, 6.07) is 19.9. The molecule has 0 atom stereocenters. The maximum Gasteiger partial charge on any atom is 0.293 e. The molecule has 1 amide bonds. The SMILES string of the molecule is Cc1ccc(-c2ccc(C(=O)NC(=S)Nc3ccc4oc(-c5cccc(Cl)c5Cl)nc4c3)o2)cc1C. The first-order valence-corrected chi connectivity index (χ1v) is 12.1. The average Bonchev–Trinajstić information content (AvgIpc) is 3.50. The van der Waals surface area contributed by atoms with Gasteiger partial charge in [-0.3, -0.25) is 10.1 Å². The highest BCUT2D eigenvalue weighted by Gasteiger charge is 2.16. The number of thiocarbonyl (C=S) groups is 1. The van der Waals surface area contributed by atoms with Crippen molar-refractivity contribution < 1.29 is 13.6 Å². The van der Waals surface area contributed by atoms with Crippen LogP contribution in [0.3, 0.4) is 0 Å². The number of anilines is 1. The summed E-state index contributed by atoms with van der Waals surface area (Å²) in [6.45, 7) is 4.07. The Morgan fingerprint density at radius 2 is 1.78 bits per heavy atom. The number of rotatable bonds is 4. The number of aryl methyl sites for hydroxylation is 2. The molecule has 0 aliphatic carbocycles. The van der Waals surface area contributed by atoms with Gasteiger partial charge < -0.3 is 14.2 Å². The average molecular weight is 536 g/mol. The lowest BCUT2D eigenvalue weighted by Gasteiger charge is -2.08. The minimum Gasteiger partial charge on any atom is -0.451 e. The van der Waals surface area contributed by atoms with Gasteiger partial charge in [0.2, 0.25) is 5.89 Å². The van der Waals surface area contributed by atoms with Crippen LogP contribution in [0.1, 0.15) is 21.7 Å². The zero-order valence-corrected chi connectivity index (χ0v) is 21.5. The lowest BCUT2D eigenvalue weighted by atomic mass is 10.1. The second-order valence-electron chi connectivity index (χ2n) is 8.17. The minimum atomic E-state index is -0.456. The topological polar surface area (TPSA) is 80.3 Å². The molecule has 9 heteroatoms. The monoisotopic (exact) mass is 535 g/mol. The van der Waals surface area contributed by atoms with E-state index in [0.29, 0.717) is 44.0 Å². The van der Waals surface area contributed by atoms with Crippen molar-refractivity contribution >= 4 is 63.2 Å². The Kier molecular flexibility index (Phi) is 6.53. The second kappa shape index (κ2) is 9.78. The van der Waals surface area contributed by atoms with Crippen molar-refractivity contribution in [2.24, 2.45) is 0 Å². The third-order valence-electron chi connectivity index (χ3n) is 5.68. The summed E-state index contributed by atoms with van der Waals surface area (Å²) in [5.41, 5.74) is 5.61. The molecule has 5 rings (SSSR count). The molecule has 5 aromatic rings. The molecule has 0 unspecified atom stereocenters. The van der Waals surface area contributed by atoms with Gasteiger partial charge in [0.25, 0.3) is 5.91 Å². The largest absolute Gasteiger partial charge is 0.451 e. The van der Waals surface area contributed by atoms with Crippen LogP contribution >= 0.6 is 35.4 Å². The van der Waals surface area contributed by atoms with E-state index in [2.05, 4.69) is 15.6 Å². The molecule has 2 heterocycles. The normalized spacial score (nSPS) is 11.0. The number of amides is 1. The van der Waals surface area contributed by atoms with Gasteiger partial charge in [0.15, 0.2) is 16.5 Å². The van der Waals surface area contributed by atoms with Crippen molar-refractivity contribution in [1.82, 2.24) is 10.3 Å². The van der Waals surface area contributed by atoms with Gasteiger partial charge in [0, 0.05) is 11.3 Å². The summed E-state index contributed by atoms with van der Waals surface area (Å²) < 4.78 is 11.6. The molecular weight excluding hydrogens is 517 g/mol. The molecule has 0 saturated carbocycles. The minimum absolute atomic E-state index is 0.116. The van der Waals surface area contributed by atoms with Gasteiger partial charge in [-0.05, 0) is 85.7 Å². The number of oxazole rings is 1. The third-order valence-corrected chi connectivity index (χ3v) is 6.70. The number of benzene rings is 3. The fraction of sp³-hybridized carbons (Fsp3) is 0.0741. The van der Waals surface area contributed by atoms with E-state index in [4.69, 9.17) is 44.3 Å². The quantitative estimate of drug-likeness (QED) is 0.228. The van der Waals surface area contributed by atoms with Crippen molar-refractivity contribution in [1.29, 1.82) is 0 Å². The molecule has 0 spiro atoms. The Bertz CT molecular complexity index is 1640. The zero-order valence-electron chi connectivity index (χ0n) is 19.2. The molecule has 6 nitrogen and oxygen atoms in total. The lowest BCUT2D eigenvalue weighted by Crippen LogP contribution is -2.33. The number of carbonyl (C=O) groups is 1. The summed E-state index contributed by atoms with van der Waals surface area (Å²) >= 11 is 17.7. The van der Waals surface area contributed by atoms with E-state index in [0.717, 1.165) is 11.1 Å². The van der Waals surface area contributed by atoms with E-state index in [1.807, 2.05) is 32.0 Å². The second-order valence-corrected chi connectivity index (χ2v) is 9.37. The van der Waals surface area contributed by atoms with Crippen molar-refractivity contribution in [2.75, 3.05) is 5.32 Å². The molecule has 2 aromatic heterocycles. The van der Waals surface area contributed by atoms with Crippen LogP contribution in [0, 0.1) is 13.8 Å². The van der Waals surface area contributed by atoms with E-state index in [1.54, 1.807) is 48.5 Å². The number of nitrogens with zero attached hydrogens (tertiary/aromatic N) is 1. The fourth-order valence-corrected chi connectivity index (χ4v) is 4.22. The first-order chi connectivity index (χ1) is 17.3. The predicted molar refractivity (Wildman–Crippen MR) is 147 cm³/mol. The smallest absolute Gasteiger partial charge is 0.293 e. The lowest BCUT2D eigenvalue weighted by molar-refractivity contribution is 0.0951. The first-order valence-electron chi connectivity index (χ1n) is 10.9. The van der Waals surface area contributed by atoms with Gasteiger partial charge >= 0.3 is 0 Å². The van der Waals surface area contributed by atoms with Gasteiger partial charge in [-0.15, -0.1) is 0 Å². The van der Waals surface area contributed by atoms with Gasteiger partial charge in [-0.25, -0.2) is 4.98 Å². The Balaban J connectivity index is 1.28. The molecule has 36 heavy (non-hydrogen) atoms. The van der Waals surface area contributed by atoms with E-state index < -0.39 is 5.91 Å². The number of nitrogens with one attached hydrogen (secondary N) is 2. The van der Waals surface area contributed by atoms with Crippen molar-refractivity contribution in [3.8, 4) is 22.8 Å². The third kappa shape index (κ3) is 4.86. The highest BCUT2D eigenvalue weighted by Crippen LogP contribution is 2.35. The summed E-state index contributed by atoms with van der Waals surface area (Å²) in [7, 11) is 0. The highest BCUT2D eigenvalue weighted by atomic mass is 35.5. The molecule has 0 radical (unpaired) electrons. The molecular formula is C27H19Cl2N3O3S. The Morgan fingerprint density at radius 3 is 2.58 bits per heavy atom. The molecule has 0 bridgehead atoms. The summed E-state index contributed by atoms with van der Waals surface area (Å²) in [5.74, 6) is 0.655. The molecule has 0 aliphatic heterocycles. The molecule has 0 fully saturated rings. The van der Waals surface area contributed by atoms with Crippen molar-refractivity contribution in [3.05, 3.63) is 93.7 Å². The number of halogens is 2. The Hall–Kier alpha value is -3.65. The molecule has 180 valence electrons. The van der Waals surface area contributed by atoms with Gasteiger partial charge in [0.05, 0.1) is 15.6 Å². The van der Waals surface area contributed by atoms with Crippen molar-refractivity contribution in [3.63, 3.8) is 0 Å². The zero-order chi connectivity index (χ0) is 25.4. The molecule has 0 aliphatic rings. The fourth-order valence-electron chi connectivity index (χ4n) is 3.63. The van der Waals surface area contributed by atoms with Gasteiger partial charge in [-0.2, -0.15) is 0 Å². The summed E-state index contributed by atoms with van der Waals surface area (Å²) in [4.78, 5) is 17.2. The van der Waals surface area contributed by atoms with Crippen LogP contribution in [0.2, 0.25) is 10.0 Å². The Labute approximate surface area is 222 Å². The number of carbonyl (C=O) groups excluding carboxylic acids is 1. The standard InChI is InChI=1S/C27H19Cl2N3O3S/c1-14-6-7-16(12-15(14)2)21-10-11-23(34-21)25(33)32-27(36)30-17-8-9-22-20(13-17)31-26(35-22)18-4-3-5-19(28)24(18)29/h3-13H,1-2H3,(H2,30,32,33,36). The molecule has 0 saturated heterocycles. The van der Waals surface area contributed by atoms with Gasteiger partial charge in [0.1, 0.15) is 11.3 Å². The first kappa shape index (κ1) is 24.1. The van der Waals surface area contributed by atoms with Crippen LogP contribution in [0.15, 0.2) is 75.6 Å². The maximum atomic E-state index is 12.7. The van der Waals surface area contributed by atoms with Crippen LogP contribution in [0.4, 0.5) is 5.69 Å². The summed E-state index contributed by atoms with van der Waals surface area (Å²) in [5, 5.41) is 6.52. The summed E-state index contributed by atoms with van der Waals surface area (Å²) in [6.07, 6.45) is 0. The molecule has 3 aromatic carbocycles. The van der Waals surface area contributed by atoms with Crippen LogP contribution in [-0.2, 0) is 0 Å². The van der Waals surface area contributed by atoms with Crippen molar-refractivity contribution in [2.45, 2.75) is 13.8 Å². The van der Waals surface area contributed by atoms with E-state index in [-0.39, 0.29) is 10.9 Å². The molecule has 2 N–H and O–H groups in total. The number of aromatic nitrogens is 1. The van der Waals surface area contributed by atoms with Crippen LogP contribution < -0.4 is 10.6 Å². The highest BCUT2D eigenvalue weighted by molar-refractivity contribution is 7.80. The number of hydrogen-bond acceptors (Lipinski definition) is 5. The predicted octanol–water partition coefficient (Wildman–Crippen LogP) is 7.81. The van der Waals surface area contributed by atoms with Crippen LogP contribution in [-0.4, -0.2) is 16.0 Å². The van der Waals surface area contributed by atoms with E-state index in [1.165, 1.54) is 5.56 Å². The van der Waals surface area contributed by atoms with E-state index >= 15 is 0 Å². The van der Waals surface area contributed by atoms with Gasteiger partial charge in [-0.1, -0.05) is 41.4 Å². The maximum absolute atomic E-state index is 12.7. The van der Waals surface area contributed by atoms with Crippen LogP contribution in [0.5, 0.6) is 0 Å².